The van der Waals surface area contributed by atoms with Crippen molar-refractivity contribution in [2.45, 2.75) is 19.3 Å². The summed E-state index contributed by atoms with van der Waals surface area (Å²) in [6.45, 7) is 4.72. The minimum Gasteiger partial charge on any atom is -0.228 e. The van der Waals surface area contributed by atoms with Crippen LogP contribution in [0.15, 0.2) is 158 Å². The van der Waals surface area contributed by atoms with Gasteiger partial charge in [-0.05, 0) is 67.1 Å². The Morgan fingerprint density at radius 2 is 0.915 bits per heavy atom. The zero-order valence-corrected chi connectivity index (χ0v) is 26.4. The summed E-state index contributed by atoms with van der Waals surface area (Å²) < 4.78 is 0. The lowest BCUT2D eigenvalue weighted by molar-refractivity contribution is 0.661. The normalized spacial score (nSPS) is 13.1. The van der Waals surface area contributed by atoms with Crippen LogP contribution in [0.2, 0.25) is 0 Å². The fourth-order valence-corrected chi connectivity index (χ4v) is 7.59. The predicted octanol–water partition coefficient (Wildman–Crippen LogP) is 11.8. The number of hydrogen-bond acceptors (Lipinski definition) is 2. The van der Waals surface area contributed by atoms with Crippen LogP contribution in [0.25, 0.3) is 77.7 Å². The molecule has 0 aliphatic heterocycles. The molecule has 1 aromatic heterocycles. The molecule has 0 atom stereocenters. The molecule has 222 valence electrons. The summed E-state index contributed by atoms with van der Waals surface area (Å²) >= 11 is 0. The predicted molar refractivity (Wildman–Crippen MR) is 196 cm³/mol. The molecule has 0 bridgehead atoms. The molecule has 7 aromatic carbocycles. The average Bonchev–Trinajstić information content (AvgIpc) is 3.37. The van der Waals surface area contributed by atoms with E-state index in [0.29, 0.717) is 0 Å². The molecule has 1 heterocycles. The van der Waals surface area contributed by atoms with Crippen molar-refractivity contribution in [3.05, 3.63) is 169 Å². The molecule has 2 nitrogen and oxygen atoms in total. The van der Waals surface area contributed by atoms with Gasteiger partial charge in [0.2, 0.25) is 0 Å². The van der Waals surface area contributed by atoms with E-state index in [9.17, 15) is 0 Å². The fourth-order valence-electron chi connectivity index (χ4n) is 7.59. The van der Waals surface area contributed by atoms with Crippen molar-refractivity contribution in [1.82, 2.24) is 9.97 Å². The minimum absolute atomic E-state index is 0.0942. The van der Waals surface area contributed by atoms with Gasteiger partial charge in [-0.25, -0.2) is 9.97 Å². The van der Waals surface area contributed by atoms with E-state index in [2.05, 4.69) is 147 Å². The molecule has 2 heteroatoms. The zero-order valence-electron chi connectivity index (χ0n) is 26.4. The van der Waals surface area contributed by atoms with Gasteiger partial charge in [0.05, 0.1) is 11.4 Å². The van der Waals surface area contributed by atoms with E-state index < -0.39 is 0 Å². The summed E-state index contributed by atoms with van der Waals surface area (Å²) in [5, 5.41) is 4.97. The Balaban J connectivity index is 1.29. The maximum atomic E-state index is 5.18. The van der Waals surface area contributed by atoms with Crippen LogP contribution in [0, 0.1) is 0 Å². The van der Waals surface area contributed by atoms with Gasteiger partial charge in [-0.2, -0.15) is 0 Å². The summed E-state index contributed by atoms with van der Waals surface area (Å²) in [5.74, 6) is 0.724. The molecule has 0 unspecified atom stereocenters. The first-order valence-electron chi connectivity index (χ1n) is 16.3. The van der Waals surface area contributed by atoms with Crippen molar-refractivity contribution in [1.29, 1.82) is 0 Å². The Labute approximate surface area is 275 Å². The SMILES string of the molecule is CC1(C)c2ccccc2-c2c1cc(-c1ccc(-c3cc(-c4ccccc4)nc(-c4ccccc4)n3)c3ccccc13)c1ccccc21. The molecule has 0 saturated heterocycles. The van der Waals surface area contributed by atoms with Crippen molar-refractivity contribution in [3.8, 4) is 56.2 Å². The topological polar surface area (TPSA) is 25.8 Å². The molecule has 0 amide bonds. The smallest absolute Gasteiger partial charge is 0.160 e. The van der Waals surface area contributed by atoms with Gasteiger partial charge in [0.25, 0.3) is 0 Å². The highest BCUT2D eigenvalue weighted by Crippen LogP contribution is 2.53. The number of rotatable bonds is 4. The first-order valence-corrected chi connectivity index (χ1v) is 16.3. The Morgan fingerprint density at radius 1 is 0.383 bits per heavy atom. The number of nitrogens with zero attached hydrogens (tertiary/aromatic N) is 2. The highest BCUT2D eigenvalue weighted by molar-refractivity contribution is 6.14. The fraction of sp³-hybridized carbons (Fsp3) is 0.0667. The van der Waals surface area contributed by atoms with E-state index in [1.165, 1.54) is 54.9 Å². The van der Waals surface area contributed by atoms with Gasteiger partial charge in [0.1, 0.15) is 0 Å². The van der Waals surface area contributed by atoms with Crippen LogP contribution in [-0.4, -0.2) is 9.97 Å². The van der Waals surface area contributed by atoms with Crippen LogP contribution in [0.1, 0.15) is 25.0 Å². The maximum absolute atomic E-state index is 5.18. The molecule has 9 rings (SSSR count). The Morgan fingerprint density at radius 3 is 1.64 bits per heavy atom. The van der Waals surface area contributed by atoms with Gasteiger partial charge >= 0.3 is 0 Å². The third-order valence-corrected chi connectivity index (χ3v) is 9.91. The van der Waals surface area contributed by atoms with Gasteiger partial charge in [-0.1, -0.05) is 159 Å². The summed E-state index contributed by atoms with van der Waals surface area (Å²) in [7, 11) is 0. The van der Waals surface area contributed by atoms with E-state index in [1.54, 1.807) is 0 Å². The summed E-state index contributed by atoms with van der Waals surface area (Å²) in [6, 6.07) is 56.4. The second kappa shape index (κ2) is 10.6. The van der Waals surface area contributed by atoms with Crippen molar-refractivity contribution in [2.75, 3.05) is 0 Å². The van der Waals surface area contributed by atoms with Gasteiger partial charge in [-0.15, -0.1) is 0 Å². The first-order chi connectivity index (χ1) is 23.1. The van der Waals surface area contributed by atoms with Crippen molar-refractivity contribution >= 4 is 21.5 Å². The number of hydrogen-bond donors (Lipinski definition) is 0. The Hall–Kier alpha value is -5.86. The van der Waals surface area contributed by atoms with Gasteiger partial charge < -0.3 is 0 Å². The van der Waals surface area contributed by atoms with Gasteiger partial charge in [0.15, 0.2) is 5.82 Å². The van der Waals surface area contributed by atoms with Crippen LogP contribution in [0.5, 0.6) is 0 Å². The summed E-state index contributed by atoms with van der Waals surface area (Å²) in [4.78, 5) is 10.2. The van der Waals surface area contributed by atoms with Gasteiger partial charge in [-0.3, -0.25) is 0 Å². The zero-order chi connectivity index (χ0) is 31.5. The second-order valence-corrected chi connectivity index (χ2v) is 13.0. The lowest BCUT2D eigenvalue weighted by atomic mass is 9.80. The lowest BCUT2D eigenvalue weighted by Gasteiger charge is -2.23. The lowest BCUT2D eigenvalue weighted by Crippen LogP contribution is -2.15. The van der Waals surface area contributed by atoms with Crippen LogP contribution < -0.4 is 0 Å². The Bertz CT molecular complexity index is 2420. The van der Waals surface area contributed by atoms with Gasteiger partial charge in [0, 0.05) is 22.1 Å². The van der Waals surface area contributed by atoms with E-state index in [-0.39, 0.29) is 5.41 Å². The van der Waals surface area contributed by atoms with E-state index in [1.807, 2.05) is 24.3 Å². The summed E-state index contributed by atoms with van der Waals surface area (Å²) in [5.41, 5.74) is 12.9. The molecule has 47 heavy (non-hydrogen) atoms. The molecular weight excluding hydrogens is 569 g/mol. The maximum Gasteiger partial charge on any atom is 0.160 e. The molecule has 0 fully saturated rings. The number of benzene rings is 7. The largest absolute Gasteiger partial charge is 0.228 e. The van der Waals surface area contributed by atoms with E-state index >= 15 is 0 Å². The van der Waals surface area contributed by atoms with Crippen LogP contribution in [0.4, 0.5) is 0 Å². The third-order valence-electron chi connectivity index (χ3n) is 9.91. The van der Waals surface area contributed by atoms with Crippen molar-refractivity contribution in [3.63, 3.8) is 0 Å². The molecule has 1 aliphatic carbocycles. The van der Waals surface area contributed by atoms with Crippen LogP contribution in [0.3, 0.4) is 0 Å². The first kappa shape index (κ1) is 27.5. The monoisotopic (exact) mass is 600 g/mol. The molecule has 0 spiro atoms. The highest BCUT2D eigenvalue weighted by atomic mass is 14.9. The molecule has 1 aliphatic rings. The van der Waals surface area contributed by atoms with Crippen molar-refractivity contribution in [2.24, 2.45) is 0 Å². The standard InChI is InChI=1S/C45H32N2/c1-45(2)39-24-14-13-23-37(39)43-36-22-12-11-21-33(36)38(27-40(43)45)34-25-26-35(32-20-10-9-19-31(32)34)42-28-41(29-15-5-3-6-16-29)46-44(47-42)30-17-7-4-8-18-30/h3-28H,1-2H3. The van der Waals surface area contributed by atoms with E-state index in [4.69, 9.17) is 9.97 Å². The highest BCUT2D eigenvalue weighted by Gasteiger charge is 2.37. The molecule has 0 radical (unpaired) electrons. The van der Waals surface area contributed by atoms with Crippen molar-refractivity contribution < 1.29 is 0 Å². The molecule has 0 saturated carbocycles. The molecule has 8 aromatic rings. The minimum atomic E-state index is -0.0942. The second-order valence-electron chi connectivity index (χ2n) is 13.0. The molecular formula is C45H32N2. The van der Waals surface area contributed by atoms with Crippen LogP contribution >= 0.6 is 0 Å². The third kappa shape index (κ3) is 4.33. The van der Waals surface area contributed by atoms with Crippen LogP contribution in [-0.2, 0) is 5.41 Å². The Kier molecular flexibility index (Phi) is 6.20. The van der Waals surface area contributed by atoms with E-state index in [0.717, 1.165) is 33.9 Å². The molecule has 0 N–H and O–H groups in total. The average molecular weight is 601 g/mol. The summed E-state index contributed by atoms with van der Waals surface area (Å²) in [6.07, 6.45) is 0. The quantitative estimate of drug-likeness (QED) is 0.201. The number of aromatic nitrogens is 2. The number of fused-ring (bicyclic) bond motifs is 6.